The molecule has 3 fully saturated rings. The Kier molecular flexibility index (Phi) is 2.70. The molecule has 4 heteroatoms. The van der Waals surface area contributed by atoms with Gasteiger partial charge in [-0.1, -0.05) is 19.1 Å². The van der Waals surface area contributed by atoms with E-state index in [2.05, 4.69) is 12.2 Å². The summed E-state index contributed by atoms with van der Waals surface area (Å²) in [6.45, 7) is 2.99. The number of hydrogen-bond acceptors (Lipinski definition) is 2. The normalized spacial score (nSPS) is 36.6. The highest BCUT2D eigenvalue weighted by Gasteiger charge is 2.55. The summed E-state index contributed by atoms with van der Waals surface area (Å²) < 4.78 is 0. The van der Waals surface area contributed by atoms with Crippen LogP contribution in [0.25, 0.3) is 0 Å². The van der Waals surface area contributed by atoms with Crippen LogP contribution in [0.2, 0.25) is 0 Å². The van der Waals surface area contributed by atoms with E-state index < -0.39 is 5.41 Å². The smallest absolute Gasteiger partial charge is 0.233 e. The van der Waals surface area contributed by atoms with Gasteiger partial charge in [0.05, 0.1) is 10.4 Å². The van der Waals surface area contributed by atoms with E-state index in [9.17, 15) is 4.79 Å². The molecule has 3 N–H and O–H groups in total. The fourth-order valence-electron chi connectivity index (χ4n) is 3.64. The van der Waals surface area contributed by atoms with Crippen LogP contribution in [-0.2, 0) is 4.79 Å². The van der Waals surface area contributed by atoms with E-state index in [1.807, 2.05) is 0 Å². The number of rotatable bonds is 5. The number of carbonyl (C=O) groups is 1. The molecule has 0 aromatic heterocycles. The highest BCUT2D eigenvalue weighted by molar-refractivity contribution is 7.80. The van der Waals surface area contributed by atoms with Gasteiger partial charge in [0.25, 0.3) is 0 Å². The van der Waals surface area contributed by atoms with E-state index in [4.69, 9.17) is 18.0 Å². The maximum Gasteiger partial charge on any atom is 0.233 e. The second-order valence-corrected chi connectivity index (χ2v) is 7.22. The monoisotopic (exact) mass is 266 g/mol. The van der Waals surface area contributed by atoms with Gasteiger partial charge in [-0.2, -0.15) is 0 Å². The lowest BCUT2D eigenvalue weighted by atomic mass is 9.62. The van der Waals surface area contributed by atoms with Crippen molar-refractivity contribution in [3.63, 3.8) is 0 Å². The van der Waals surface area contributed by atoms with Gasteiger partial charge in [-0.3, -0.25) is 4.79 Å². The fourth-order valence-corrected chi connectivity index (χ4v) is 3.90. The van der Waals surface area contributed by atoms with Gasteiger partial charge in [-0.25, -0.2) is 0 Å². The standard InChI is InChI=1S/C14H22N2OS/c1-9-6-14(7-9,11(15)18)12(17)16-8-13(4-5-13)10-2-3-10/h9-10H,2-8H2,1H3,(H2,15,18)(H,16,17). The molecule has 100 valence electrons. The van der Waals surface area contributed by atoms with Crippen molar-refractivity contribution in [1.29, 1.82) is 0 Å². The summed E-state index contributed by atoms with van der Waals surface area (Å²) in [5.74, 6) is 1.52. The lowest BCUT2D eigenvalue weighted by molar-refractivity contribution is -0.133. The van der Waals surface area contributed by atoms with E-state index >= 15 is 0 Å². The maximum atomic E-state index is 12.4. The molecule has 0 aliphatic heterocycles. The first kappa shape index (κ1) is 12.4. The highest BCUT2D eigenvalue weighted by atomic mass is 32.1. The van der Waals surface area contributed by atoms with Gasteiger partial charge in [0.2, 0.25) is 5.91 Å². The Labute approximate surface area is 114 Å². The molecule has 0 heterocycles. The van der Waals surface area contributed by atoms with E-state index in [1.54, 1.807) is 0 Å². The first-order valence-electron chi connectivity index (χ1n) is 7.07. The summed E-state index contributed by atoms with van der Waals surface area (Å²) in [5, 5.41) is 3.14. The molecule has 0 saturated heterocycles. The van der Waals surface area contributed by atoms with Crippen LogP contribution in [0.3, 0.4) is 0 Å². The van der Waals surface area contributed by atoms with Crippen LogP contribution in [0.4, 0.5) is 0 Å². The molecule has 3 aliphatic carbocycles. The molecule has 0 unspecified atom stereocenters. The number of thiocarbonyl (C=S) groups is 1. The molecule has 0 bridgehead atoms. The summed E-state index contributed by atoms with van der Waals surface area (Å²) in [6.07, 6.45) is 6.93. The molecule has 0 radical (unpaired) electrons. The van der Waals surface area contributed by atoms with E-state index in [1.165, 1.54) is 25.7 Å². The maximum absolute atomic E-state index is 12.4. The van der Waals surface area contributed by atoms with E-state index in [0.29, 0.717) is 16.3 Å². The predicted molar refractivity (Wildman–Crippen MR) is 75.0 cm³/mol. The van der Waals surface area contributed by atoms with Crippen molar-refractivity contribution >= 4 is 23.1 Å². The average molecular weight is 266 g/mol. The molecule has 1 amide bonds. The zero-order valence-electron chi connectivity index (χ0n) is 11.0. The van der Waals surface area contributed by atoms with Crippen LogP contribution in [0.5, 0.6) is 0 Å². The lowest BCUT2D eigenvalue weighted by Gasteiger charge is -2.44. The van der Waals surface area contributed by atoms with Crippen molar-refractivity contribution in [2.24, 2.45) is 28.4 Å². The Bertz CT molecular complexity index is 393. The van der Waals surface area contributed by atoms with Crippen LogP contribution in [0.15, 0.2) is 0 Å². The Balaban J connectivity index is 1.59. The summed E-state index contributed by atoms with van der Waals surface area (Å²) >= 11 is 5.11. The predicted octanol–water partition coefficient (Wildman–Crippen LogP) is 2.00. The van der Waals surface area contributed by atoms with Crippen LogP contribution in [0, 0.1) is 22.7 Å². The molecule has 0 atom stereocenters. The minimum absolute atomic E-state index is 0.0834. The Morgan fingerprint density at radius 3 is 2.39 bits per heavy atom. The van der Waals surface area contributed by atoms with Gasteiger partial charge in [-0.05, 0) is 55.8 Å². The zero-order chi connectivity index (χ0) is 13.0. The number of nitrogens with two attached hydrogens (primary N) is 1. The summed E-state index contributed by atoms with van der Waals surface area (Å²) in [6, 6.07) is 0. The minimum atomic E-state index is -0.533. The number of hydrogen-bond donors (Lipinski definition) is 2. The topological polar surface area (TPSA) is 55.1 Å². The largest absolute Gasteiger partial charge is 0.392 e. The van der Waals surface area contributed by atoms with E-state index in [-0.39, 0.29) is 5.91 Å². The van der Waals surface area contributed by atoms with Crippen molar-refractivity contribution in [3.05, 3.63) is 0 Å². The van der Waals surface area contributed by atoms with Gasteiger partial charge in [0.1, 0.15) is 0 Å². The Hall–Kier alpha value is -0.640. The van der Waals surface area contributed by atoms with Gasteiger partial charge < -0.3 is 11.1 Å². The summed E-state index contributed by atoms with van der Waals surface area (Å²) in [4.78, 5) is 12.8. The van der Waals surface area contributed by atoms with Crippen molar-refractivity contribution in [3.8, 4) is 0 Å². The molecule has 0 aromatic carbocycles. The first-order valence-corrected chi connectivity index (χ1v) is 7.48. The Morgan fingerprint density at radius 2 is 2.00 bits per heavy atom. The highest BCUT2D eigenvalue weighted by Crippen LogP contribution is 2.61. The third-order valence-electron chi connectivity index (χ3n) is 5.24. The second kappa shape index (κ2) is 3.92. The van der Waals surface area contributed by atoms with Crippen LogP contribution in [0.1, 0.15) is 45.4 Å². The van der Waals surface area contributed by atoms with Crippen LogP contribution >= 0.6 is 12.2 Å². The zero-order valence-corrected chi connectivity index (χ0v) is 11.8. The SMILES string of the molecule is CC1CC(C(=O)NCC2(C3CC3)CC2)(C(N)=S)C1. The van der Waals surface area contributed by atoms with Crippen molar-refractivity contribution in [2.75, 3.05) is 6.54 Å². The number of nitrogens with one attached hydrogen (secondary N) is 1. The van der Waals surface area contributed by atoms with Gasteiger partial charge in [0.15, 0.2) is 0 Å². The lowest BCUT2D eigenvalue weighted by Crippen LogP contribution is -2.56. The molecule has 3 aliphatic rings. The third-order valence-corrected chi connectivity index (χ3v) is 5.63. The van der Waals surface area contributed by atoms with Crippen LogP contribution in [-0.4, -0.2) is 17.4 Å². The molecule has 3 saturated carbocycles. The minimum Gasteiger partial charge on any atom is -0.392 e. The molecule has 0 aromatic rings. The van der Waals surface area contributed by atoms with Gasteiger partial charge in [-0.15, -0.1) is 0 Å². The summed E-state index contributed by atoms with van der Waals surface area (Å²) in [7, 11) is 0. The quantitative estimate of drug-likeness (QED) is 0.748. The molecule has 18 heavy (non-hydrogen) atoms. The molecule has 3 nitrogen and oxygen atoms in total. The third kappa shape index (κ3) is 1.85. The van der Waals surface area contributed by atoms with Crippen molar-refractivity contribution in [2.45, 2.75) is 45.4 Å². The van der Waals surface area contributed by atoms with Crippen molar-refractivity contribution in [1.82, 2.24) is 5.32 Å². The average Bonchev–Trinajstić information content (AvgIpc) is 3.12. The molecule has 3 rings (SSSR count). The molecule has 0 spiro atoms. The van der Waals surface area contributed by atoms with Gasteiger partial charge >= 0.3 is 0 Å². The second-order valence-electron chi connectivity index (χ2n) is 6.78. The fraction of sp³-hybridized carbons (Fsp3) is 0.857. The first-order chi connectivity index (χ1) is 8.48. The Morgan fingerprint density at radius 1 is 1.39 bits per heavy atom. The van der Waals surface area contributed by atoms with Crippen molar-refractivity contribution < 1.29 is 4.79 Å². The summed E-state index contributed by atoms with van der Waals surface area (Å²) in [5.41, 5.74) is 5.71. The molecular formula is C14H22N2OS. The van der Waals surface area contributed by atoms with Gasteiger partial charge in [0, 0.05) is 6.54 Å². The number of carbonyl (C=O) groups excluding carboxylic acids is 1. The molecular weight excluding hydrogens is 244 g/mol. The van der Waals surface area contributed by atoms with E-state index in [0.717, 1.165) is 25.3 Å². The number of amides is 1. The van der Waals surface area contributed by atoms with Crippen LogP contribution < -0.4 is 11.1 Å².